The third-order valence-corrected chi connectivity index (χ3v) is 2.52. The largest absolute Gasteiger partial charge is 0.478 e. The Labute approximate surface area is 81.9 Å². The van der Waals surface area contributed by atoms with Crippen LogP contribution < -0.4 is 0 Å². The zero-order valence-electron chi connectivity index (χ0n) is 6.03. The lowest BCUT2D eigenvalue weighted by Crippen LogP contribution is -1.87. The topological polar surface area (TPSA) is 50.2 Å². The van der Waals surface area contributed by atoms with Gasteiger partial charge in [-0.05, 0) is 15.9 Å². The van der Waals surface area contributed by atoms with Gasteiger partial charge in [-0.25, -0.2) is 9.78 Å². The van der Waals surface area contributed by atoms with Crippen molar-refractivity contribution in [3.63, 3.8) is 0 Å². The molecule has 5 heteroatoms. The number of halogens is 1. The van der Waals surface area contributed by atoms with Crippen molar-refractivity contribution < 1.29 is 9.90 Å². The maximum Gasteiger partial charge on any atom is 0.327 e. The molecule has 0 unspecified atom stereocenters. The van der Waals surface area contributed by atoms with Gasteiger partial charge in [0.1, 0.15) is 0 Å². The molecule has 1 heterocycles. The fourth-order valence-corrected chi connectivity index (χ4v) is 1.72. The van der Waals surface area contributed by atoms with Gasteiger partial charge in [0.15, 0.2) is 3.92 Å². The number of carboxylic acid groups (broad SMARTS) is 1. The summed E-state index contributed by atoms with van der Waals surface area (Å²) in [6.45, 7) is 0. The SMILES string of the molecule is O=C(O)C=CCc1csc(Br)n1. The molecule has 0 saturated carbocycles. The van der Waals surface area contributed by atoms with Crippen LogP contribution in [-0.2, 0) is 11.2 Å². The Morgan fingerprint density at radius 3 is 3.08 bits per heavy atom. The number of allylic oxidation sites excluding steroid dienone is 1. The fourth-order valence-electron chi connectivity index (χ4n) is 0.656. The van der Waals surface area contributed by atoms with E-state index < -0.39 is 5.97 Å². The van der Waals surface area contributed by atoms with Crippen LogP contribution in [0.25, 0.3) is 0 Å². The highest BCUT2D eigenvalue weighted by Crippen LogP contribution is 2.16. The van der Waals surface area contributed by atoms with E-state index in [1.807, 2.05) is 5.38 Å². The molecule has 0 aliphatic rings. The number of hydrogen-bond acceptors (Lipinski definition) is 3. The van der Waals surface area contributed by atoms with Crippen molar-refractivity contribution in [2.24, 2.45) is 0 Å². The van der Waals surface area contributed by atoms with Crippen molar-refractivity contribution >= 4 is 33.2 Å². The molecular formula is C7H6BrNO2S. The summed E-state index contributed by atoms with van der Waals surface area (Å²) in [5.41, 5.74) is 0.879. The van der Waals surface area contributed by atoms with Gasteiger partial charge in [0.2, 0.25) is 0 Å². The molecular weight excluding hydrogens is 242 g/mol. The van der Waals surface area contributed by atoms with Crippen LogP contribution in [0.1, 0.15) is 5.69 Å². The summed E-state index contributed by atoms with van der Waals surface area (Å²) in [5, 5.41) is 10.2. The predicted octanol–water partition coefficient (Wildman–Crippen LogP) is 2.09. The number of nitrogens with zero attached hydrogens (tertiary/aromatic N) is 1. The quantitative estimate of drug-likeness (QED) is 0.833. The fraction of sp³-hybridized carbons (Fsp3) is 0.143. The molecule has 0 aromatic carbocycles. The second-order valence-corrected chi connectivity index (χ2v) is 4.17. The molecule has 0 spiro atoms. The van der Waals surface area contributed by atoms with E-state index in [0.717, 1.165) is 15.7 Å². The average Bonchev–Trinajstić information content (AvgIpc) is 2.35. The van der Waals surface area contributed by atoms with Gasteiger partial charge in [0.05, 0.1) is 5.69 Å². The molecule has 0 aliphatic heterocycles. The maximum absolute atomic E-state index is 10.1. The standard InChI is InChI=1S/C7H6BrNO2S/c8-7-9-5(4-12-7)2-1-3-6(10)11/h1,3-4H,2H2,(H,10,11). The Morgan fingerprint density at radius 1 is 1.83 bits per heavy atom. The highest BCUT2D eigenvalue weighted by atomic mass is 79.9. The Bertz CT molecular complexity index is 308. The minimum absolute atomic E-state index is 0.564. The van der Waals surface area contributed by atoms with E-state index in [2.05, 4.69) is 20.9 Å². The highest BCUT2D eigenvalue weighted by molar-refractivity contribution is 9.11. The number of hydrogen-bond donors (Lipinski definition) is 1. The number of carbonyl (C=O) groups is 1. The minimum Gasteiger partial charge on any atom is -0.478 e. The monoisotopic (exact) mass is 247 g/mol. The van der Waals surface area contributed by atoms with Gasteiger partial charge >= 0.3 is 5.97 Å². The minimum atomic E-state index is -0.927. The molecule has 3 nitrogen and oxygen atoms in total. The summed E-state index contributed by atoms with van der Waals surface area (Å²) in [6, 6.07) is 0. The van der Waals surface area contributed by atoms with Crippen molar-refractivity contribution in [3.05, 3.63) is 27.1 Å². The first-order valence-electron chi connectivity index (χ1n) is 3.18. The van der Waals surface area contributed by atoms with Crippen LogP contribution in [0.3, 0.4) is 0 Å². The second-order valence-electron chi connectivity index (χ2n) is 2.04. The van der Waals surface area contributed by atoms with Gasteiger partial charge < -0.3 is 5.11 Å². The summed E-state index contributed by atoms with van der Waals surface area (Å²) < 4.78 is 0.821. The lowest BCUT2D eigenvalue weighted by Gasteiger charge is -1.84. The molecule has 0 atom stereocenters. The lowest BCUT2D eigenvalue weighted by molar-refractivity contribution is -0.131. The predicted molar refractivity (Wildman–Crippen MR) is 50.3 cm³/mol. The molecule has 0 radical (unpaired) electrons. The Balaban J connectivity index is 2.48. The Morgan fingerprint density at radius 2 is 2.58 bits per heavy atom. The van der Waals surface area contributed by atoms with Crippen molar-refractivity contribution in [2.45, 2.75) is 6.42 Å². The van der Waals surface area contributed by atoms with Crippen LogP contribution in [-0.4, -0.2) is 16.1 Å². The number of rotatable bonds is 3. The molecule has 0 bridgehead atoms. The number of carboxylic acids is 1. The highest BCUT2D eigenvalue weighted by Gasteiger charge is 1.95. The average molecular weight is 248 g/mol. The molecule has 64 valence electrons. The van der Waals surface area contributed by atoms with Gasteiger partial charge in [-0.15, -0.1) is 11.3 Å². The third kappa shape index (κ3) is 3.15. The van der Waals surface area contributed by atoms with Crippen LogP contribution in [0.5, 0.6) is 0 Å². The first-order chi connectivity index (χ1) is 5.68. The van der Waals surface area contributed by atoms with Crippen LogP contribution in [0.2, 0.25) is 0 Å². The zero-order chi connectivity index (χ0) is 8.97. The van der Waals surface area contributed by atoms with Crippen molar-refractivity contribution in [1.82, 2.24) is 4.98 Å². The molecule has 0 saturated heterocycles. The van der Waals surface area contributed by atoms with Crippen LogP contribution >= 0.6 is 27.3 Å². The van der Waals surface area contributed by atoms with E-state index in [0.29, 0.717) is 6.42 Å². The van der Waals surface area contributed by atoms with Gasteiger partial charge in [0.25, 0.3) is 0 Å². The molecule has 1 aromatic heterocycles. The Hall–Kier alpha value is -0.680. The van der Waals surface area contributed by atoms with E-state index in [9.17, 15) is 4.79 Å². The first-order valence-corrected chi connectivity index (χ1v) is 4.85. The van der Waals surface area contributed by atoms with Gasteiger partial charge in [-0.1, -0.05) is 6.08 Å². The molecule has 0 amide bonds. The summed E-state index contributed by atoms with van der Waals surface area (Å²) in [7, 11) is 0. The van der Waals surface area contributed by atoms with Crippen LogP contribution in [0.15, 0.2) is 21.4 Å². The second kappa shape index (κ2) is 4.37. The molecule has 12 heavy (non-hydrogen) atoms. The van der Waals surface area contributed by atoms with Crippen LogP contribution in [0.4, 0.5) is 0 Å². The van der Waals surface area contributed by atoms with E-state index in [1.54, 1.807) is 6.08 Å². The summed E-state index contributed by atoms with van der Waals surface area (Å²) in [5.74, 6) is -0.927. The third-order valence-electron chi connectivity index (χ3n) is 1.11. The molecule has 0 fully saturated rings. The van der Waals surface area contributed by atoms with E-state index in [4.69, 9.17) is 5.11 Å². The van der Waals surface area contributed by atoms with E-state index in [1.165, 1.54) is 11.3 Å². The van der Waals surface area contributed by atoms with Crippen molar-refractivity contribution in [3.8, 4) is 0 Å². The first kappa shape index (κ1) is 9.41. The van der Waals surface area contributed by atoms with Crippen molar-refractivity contribution in [2.75, 3.05) is 0 Å². The number of aliphatic carboxylic acids is 1. The smallest absolute Gasteiger partial charge is 0.327 e. The number of aromatic nitrogens is 1. The van der Waals surface area contributed by atoms with E-state index in [-0.39, 0.29) is 0 Å². The zero-order valence-corrected chi connectivity index (χ0v) is 8.43. The summed E-state index contributed by atoms with van der Waals surface area (Å²) in [4.78, 5) is 14.2. The van der Waals surface area contributed by atoms with Gasteiger partial charge in [-0.3, -0.25) is 0 Å². The summed E-state index contributed by atoms with van der Waals surface area (Å²) >= 11 is 4.71. The van der Waals surface area contributed by atoms with Gasteiger partial charge in [-0.2, -0.15) is 0 Å². The Kier molecular flexibility index (Phi) is 3.43. The molecule has 1 N–H and O–H groups in total. The maximum atomic E-state index is 10.1. The summed E-state index contributed by atoms with van der Waals surface area (Å²) in [6.07, 6.45) is 3.26. The van der Waals surface area contributed by atoms with E-state index >= 15 is 0 Å². The molecule has 0 aliphatic carbocycles. The van der Waals surface area contributed by atoms with Crippen molar-refractivity contribution in [1.29, 1.82) is 0 Å². The van der Waals surface area contributed by atoms with Gasteiger partial charge in [0, 0.05) is 17.9 Å². The lowest BCUT2D eigenvalue weighted by atomic mass is 10.3. The molecule has 1 rings (SSSR count). The normalized spacial score (nSPS) is 10.8. The van der Waals surface area contributed by atoms with Crippen LogP contribution in [0, 0.1) is 0 Å². The number of thiazole rings is 1. The molecule has 1 aromatic rings.